The second-order valence-electron chi connectivity index (χ2n) is 4.67. The van der Waals surface area contributed by atoms with Crippen LogP contribution in [0.5, 0.6) is 0 Å². The van der Waals surface area contributed by atoms with Crippen molar-refractivity contribution in [1.29, 1.82) is 0 Å². The minimum absolute atomic E-state index is 0.430. The third-order valence-electron chi connectivity index (χ3n) is 3.08. The number of ether oxygens (including phenoxy) is 1. The van der Waals surface area contributed by atoms with Crippen LogP contribution in [-0.4, -0.2) is 18.0 Å². The van der Waals surface area contributed by atoms with Crippen LogP contribution in [0, 0.1) is 11.8 Å². The lowest BCUT2D eigenvalue weighted by molar-refractivity contribution is -0.149. The molecule has 4 nitrogen and oxygen atoms in total. The van der Waals surface area contributed by atoms with Crippen LogP contribution in [0.1, 0.15) is 32.6 Å². The Morgan fingerprint density at radius 1 is 1.25 bits per heavy atom. The first-order valence-electron chi connectivity index (χ1n) is 5.79. The Kier molecular flexibility index (Phi) is 2.99. The van der Waals surface area contributed by atoms with E-state index in [0.717, 1.165) is 0 Å². The molecule has 2 aliphatic carbocycles. The highest BCUT2D eigenvalue weighted by Crippen LogP contribution is 2.48. The van der Waals surface area contributed by atoms with Crippen molar-refractivity contribution in [3.05, 3.63) is 11.6 Å². The predicted molar refractivity (Wildman–Crippen MR) is 58.3 cm³/mol. The van der Waals surface area contributed by atoms with Crippen LogP contribution in [-0.2, 0) is 14.3 Å². The van der Waals surface area contributed by atoms with Gasteiger partial charge in [-0.3, -0.25) is 4.79 Å². The van der Waals surface area contributed by atoms with E-state index in [4.69, 9.17) is 10.5 Å². The molecule has 2 N–H and O–H groups in total. The van der Waals surface area contributed by atoms with E-state index in [0.29, 0.717) is 11.8 Å². The van der Waals surface area contributed by atoms with Crippen LogP contribution < -0.4 is 5.73 Å². The van der Waals surface area contributed by atoms with Crippen LogP contribution in [0.4, 0.5) is 0 Å². The Morgan fingerprint density at radius 3 is 2.12 bits per heavy atom. The van der Waals surface area contributed by atoms with Crippen LogP contribution in [0.3, 0.4) is 0 Å². The van der Waals surface area contributed by atoms with Crippen molar-refractivity contribution >= 4 is 11.9 Å². The lowest BCUT2D eigenvalue weighted by Crippen LogP contribution is -2.30. The summed E-state index contributed by atoms with van der Waals surface area (Å²) in [4.78, 5) is 22.3. The van der Waals surface area contributed by atoms with E-state index in [1.54, 1.807) is 6.08 Å². The summed E-state index contributed by atoms with van der Waals surface area (Å²) >= 11 is 0. The number of esters is 1. The van der Waals surface area contributed by atoms with Crippen molar-refractivity contribution in [2.75, 3.05) is 0 Å². The first kappa shape index (κ1) is 11.2. The van der Waals surface area contributed by atoms with Gasteiger partial charge >= 0.3 is 5.97 Å². The second-order valence-corrected chi connectivity index (χ2v) is 4.67. The molecule has 0 bridgehead atoms. The molecule has 1 amide bonds. The predicted octanol–water partition coefficient (Wildman–Crippen LogP) is 1.15. The number of hydrogen-bond acceptors (Lipinski definition) is 3. The lowest BCUT2D eigenvalue weighted by atomic mass is 10.1. The Hall–Kier alpha value is -1.32. The molecule has 4 heteroatoms. The van der Waals surface area contributed by atoms with Gasteiger partial charge in [-0.15, -0.1) is 0 Å². The van der Waals surface area contributed by atoms with Gasteiger partial charge in [0.1, 0.15) is 0 Å². The number of carbonyl (C=O) groups excluding carboxylic acids is 2. The molecule has 0 heterocycles. The van der Waals surface area contributed by atoms with E-state index in [2.05, 4.69) is 0 Å². The molecule has 0 spiro atoms. The van der Waals surface area contributed by atoms with Crippen molar-refractivity contribution in [2.45, 2.75) is 38.7 Å². The number of hydrogen-bond donors (Lipinski definition) is 1. The molecule has 0 aromatic carbocycles. The monoisotopic (exact) mass is 223 g/mol. The summed E-state index contributed by atoms with van der Waals surface area (Å²) in [7, 11) is 0. The first-order chi connectivity index (χ1) is 7.58. The Morgan fingerprint density at radius 2 is 1.75 bits per heavy atom. The number of amides is 1. The summed E-state index contributed by atoms with van der Waals surface area (Å²) < 4.78 is 4.91. The van der Waals surface area contributed by atoms with Gasteiger partial charge in [0.2, 0.25) is 0 Å². The van der Waals surface area contributed by atoms with Gasteiger partial charge in [-0.05, 0) is 44.4 Å². The van der Waals surface area contributed by atoms with Gasteiger partial charge in [0.25, 0.3) is 5.91 Å². The minimum atomic E-state index is -0.844. The average Bonchev–Trinajstić information content (AvgIpc) is 3.05. The molecule has 0 radical (unpaired) electrons. The third-order valence-corrected chi connectivity index (χ3v) is 3.08. The lowest BCUT2D eigenvalue weighted by Gasteiger charge is -2.08. The first-order valence-corrected chi connectivity index (χ1v) is 5.79. The Bertz CT molecular complexity index is 326. The Labute approximate surface area is 94.8 Å². The molecule has 0 saturated heterocycles. The number of rotatable bonds is 5. The molecule has 0 unspecified atom stereocenters. The molecule has 0 aromatic rings. The van der Waals surface area contributed by atoms with E-state index in [1.165, 1.54) is 38.2 Å². The summed E-state index contributed by atoms with van der Waals surface area (Å²) in [5.74, 6) is 0.133. The fourth-order valence-corrected chi connectivity index (χ4v) is 1.80. The summed E-state index contributed by atoms with van der Waals surface area (Å²) in [6.45, 7) is 1.49. The van der Waals surface area contributed by atoms with Gasteiger partial charge in [0.15, 0.2) is 6.10 Å². The zero-order chi connectivity index (χ0) is 11.7. The maximum Gasteiger partial charge on any atom is 0.331 e. The second kappa shape index (κ2) is 4.28. The maximum absolute atomic E-state index is 11.5. The van der Waals surface area contributed by atoms with Gasteiger partial charge in [0.05, 0.1) is 0 Å². The summed E-state index contributed by atoms with van der Waals surface area (Å²) in [6, 6.07) is 0. The molecular weight excluding hydrogens is 206 g/mol. The van der Waals surface area contributed by atoms with Gasteiger partial charge in [-0.1, -0.05) is 5.57 Å². The van der Waals surface area contributed by atoms with Gasteiger partial charge < -0.3 is 10.5 Å². The van der Waals surface area contributed by atoms with E-state index < -0.39 is 18.0 Å². The fourth-order valence-electron chi connectivity index (χ4n) is 1.80. The van der Waals surface area contributed by atoms with Gasteiger partial charge in [-0.25, -0.2) is 4.79 Å². The zero-order valence-electron chi connectivity index (χ0n) is 9.44. The molecule has 2 aliphatic rings. The van der Waals surface area contributed by atoms with Crippen molar-refractivity contribution in [3.63, 3.8) is 0 Å². The molecule has 1 atom stereocenters. The average molecular weight is 223 g/mol. The fraction of sp³-hybridized carbons (Fsp3) is 0.667. The highest BCUT2D eigenvalue weighted by atomic mass is 16.5. The van der Waals surface area contributed by atoms with Gasteiger partial charge in [-0.2, -0.15) is 0 Å². The van der Waals surface area contributed by atoms with E-state index in [1.807, 2.05) is 0 Å². The van der Waals surface area contributed by atoms with Crippen molar-refractivity contribution < 1.29 is 14.3 Å². The molecule has 0 aliphatic heterocycles. The summed E-state index contributed by atoms with van der Waals surface area (Å²) in [5, 5.41) is 0. The van der Waals surface area contributed by atoms with Gasteiger partial charge in [0, 0.05) is 6.08 Å². The molecule has 2 fully saturated rings. The van der Waals surface area contributed by atoms with Crippen LogP contribution >= 0.6 is 0 Å². The van der Waals surface area contributed by atoms with Crippen molar-refractivity contribution in [2.24, 2.45) is 17.6 Å². The highest BCUT2D eigenvalue weighted by molar-refractivity contribution is 5.87. The van der Waals surface area contributed by atoms with E-state index in [9.17, 15) is 9.59 Å². The summed E-state index contributed by atoms with van der Waals surface area (Å²) in [5.41, 5.74) is 6.25. The number of allylic oxidation sites excluding steroid dienone is 1. The third kappa shape index (κ3) is 2.84. The van der Waals surface area contributed by atoms with Crippen LogP contribution in [0.25, 0.3) is 0 Å². The SMILES string of the molecule is C[C@@H](OC(=O)C=C(C1CC1)C1CC1)C(N)=O. The largest absolute Gasteiger partial charge is 0.449 e. The molecular formula is C12H17NO3. The molecule has 88 valence electrons. The molecule has 16 heavy (non-hydrogen) atoms. The van der Waals surface area contributed by atoms with E-state index >= 15 is 0 Å². The van der Waals surface area contributed by atoms with Crippen molar-refractivity contribution in [3.8, 4) is 0 Å². The normalized spacial score (nSPS) is 21.1. The van der Waals surface area contributed by atoms with Crippen LogP contribution in [0.15, 0.2) is 11.6 Å². The molecule has 0 aromatic heterocycles. The van der Waals surface area contributed by atoms with E-state index in [-0.39, 0.29) is 0 Å². The number of carbonyl (C=O) groups is 2. The standard InChI is InChI=1S/C12H17NO3/c1-7(12(13)15)16-11(14)6-10(8-2-3-8)9-4-5-9/h6-9H,2-5H2,1H3,(H2,13,15)/t7-/m1/s1. The topological polar surface area (TPSA) is 69.4 Å². The number of primary amides is 1. The zero-order valence-corrected chi connectivity index (χ0v) is 9.44. The van der Waals surface area contributed by atoms with Crippen LogP contribution in [0.2, 0.25) is 0 Å². The quantitative estimate of drug-likeness (QED) is 0.561. The highest BCUT2D eigenvalue weighted by Gasteiger charge is 2.36. The smallest absolute Gasteiger partial charge is 0.331 e. The summed E-state index contributed by atoms with van der Waals surface area (Å²) in [6.07, 6.45) is 5.46. The minimum Gasteiger partial charge on any atom is -0.449 e. The number of nitrogens with two attached hydrogens (primary N) is 1. The Balaban J connectivity index is 1.93. The maximum atomic E-state index is 11.5. The molecule has 2 rings (SSSR count). The van der Waals surface area contributed by atoms with Crippen molar-refractivity contribution in [1.82, 2.24) is 0 Å². The molecule has 2 saturated carbocycles.